The Hall–Kier alpha value is -2.57. The van der Waals surface area contributed by atoms with Crippen LogP contribution in [0, 0.1) is 17.0 Å². The van der Waals surface area contributed by atoms with Gasteiger partial charge in [0, 0.05) is 18.5 Å². The van der Waals surface area contributed by atoms with Crippen molar-refractivity contribution in [2.75, 3.05) is 5.32 Å². The minimum Gasteiger partial charge on any atom is -0.359 e. The van der Waals surface area contributed by atoms with Gasteiger partial charge < -0.3 is 5.32 Å². The Morgan fingerprint density at radius 2 is 2.17 bits per heavy atom. The van der Waals surface area contributed by atoms with E-state index in [0.717, 1.165) is 5.69 Å². The SMILES string of the molecule is Cc1nccc(CNc2ncccc2[N+](=O)[O-])n1. The normalized spacial score (nSPS) is 10.1. The second-order valence-electron chi connectivity index (χ2n) is 3.58. The Bertz CT molecular complexity index is 573. The highest BCUT2D eigenvalue weighted by Gasteiger charge is 2.13. The highest BCUT2D eigenvalue weighted by molar-refractivity contribution is 5.55. The molecule has 1 N–H and O–H groups in total. The molecule has 2 heterocycles. The molecule has 0 aliphatic rings. The summed E-state index contributed by atoms with van der Waals surface area (Å²) in [5.41, 5.74) is 0.700. The molecular weight excluding hydrogens is 234 g/mol. The maximum absolute atomic E-state index is 10.8. The number of nitro groups is 1. The molecule has 0 aromatic carbocycles. The van der Waals surface area contributed by atoms with Crippen LogP contribution in [0.25, 0.3) is 0 Å². The van der Waals surface area contributed by atoms with Crippen molar-refractivity contribution in [3.8, 4) is 0 Å². The number of anilines is 1. The first-order valence-corrected chi connectivity index (χ1v) is 5.28. The quantitative estimate of drug-likeness (QED) is 0.650. The van der Waals surface area contributed by atoms with Crippen molar-refractivity contribution in [1.82, 2.24) is 15.0 Å². The van der Waals surface area contributed by atoms with Crippen molar-refractivity contribution in [1.29, 1.82) is 0 Å². The van der Waals surface area contributed by atoms with E-state index in [1.807, 2.05) is 0 Å². The van der Waals surface area contributed by atoms with Gasteiger partial charge in [0.15, 0.2) is 0 Å². The summed E-state index contributed by atoms with van der Waals surface area (Å²) in [6.45, 7) is 2.15. The van der Waals surface area contributed by atoms with Crippen molar-refractivity contribution in [3.63, 3.8) is 0 Å². The molecule has 2 aromatic heterocycles. The van der Waals surface area contributed by atoms with Gasteiger partial charge in [-0.25, -0.2) is 15.0 Å². The van der Waals surface area contributed by atoms with E-state index in [2.05, 4.69) is 20.3 Å². The molecule has 7 heteroatoms. The third kappa shape index (κ3) is 2.76. The fourth-order valence-electron chi connectivity index (χ4n) is 1.46. The number of nitrogens with one attached hydrogen (secondary N) is 1. The van der Waals surface area contributed by atoms with Crippen molar-refractivity contribution in [3.05, 3.63) is 52.2 Å². The lowest BCUT2D eigenvalue weighted by atomic mass is 10.3. The van der Waals surface area contributed by atoms with Gasteiger partial charge in [0.25, 0.3) is 0 Å². The molecule has 0 atom stereocenters. The van der Waals surface area contributed by atoms with E-state index in [1.165, 1.54) is 18.3 Å². The first-order valence-electron chi connectivity index (χ1n) is 5.28. The Morgan fingerprint density at radius 1 is 1.33 bits per heavy atom. The molecule has 2 rings (SSSR count). The summed E-state index contributed by atoms with van der Waals surface area (Å²) >= 11 is 0. The molecule has 0 spiro atoms. The van der Waals surface area contributed by atoms with Gasteiger partial charge in [-0.1, -0.05) is 0 Å². The molecular formula is C11H11N5O2. The lowest BCUT2D eigenvalue weighted by Gasteiger charge is -2.05. The smallest absolute Gasteiger partial charge is 0.311 e. The number of aromatic nitrogens is 3. The van der Waals surface area contributed by atoms with Crippen LogP contribution in [0.15, 0.2) is 30.6 Å². The maximum atomic E-state index is 10.8. The zero-order chi connectivity index (χ0) is 13.0. The molecule has 0 unspecified atom stereocenters. The fourth-order valence-corrected chi connectivity index (χ4v) is 1.46. The van der Waals surface area contributed by atoms with Gasteiger partial charge in [-0.15, -0.1) is 0 Å². The summed E-state index contributed by atoms with van der Waals surface area (Å²) in [6, 6.07) is 4.67. The van der Waals surface area contributed by atoms with Gasteiger partial charge in [-0.2, -0.15) is 0 Å². The molecule has 0 amide bonds. The summed E-state index contributed by atoms with van der Waals surface area (Å²) in [4.78, 5) is 22.4. The topological polar surface area (TPSA) is 93.8 Å². The van der Waals surface area contributed by atoms with Gasteiger partial charge in [-0.05, 0) is 19.1 Å². The van der Waals surface area contributed by atoms with Crippen molar-refractivity contribution >= 4 is 11.5 Å². The van der Waals surface area contributed by atoms with Crippen LogP contribution in [0.1, 0.15) is 11.5 Å². The van der Waals surface area contributed by atoms with E-state index in [-0.39, 0.29) is 11.5 Å². The van der Waals surface area contributed by atoms with E-state index in [0.29, 0.717) is 12.4 Å². The Kier molecular flexibility index (Phi) is 3.42. The number of nitrogens with zero attached hydrogens (tertiary/aromatic N) is 4. The summed E-state index contributed by atoms with van der Waals surface area (Å²) in [7, 11) is 0. The first-order chi connectivity index (χ1) is 8.66. The maximum Gasteiger partial charge on any atom is 0.311 e. The lowest BCUT2D eigenvalue weighted by molar-refractivity contribution is -0.384. The predicted molar refractivity (Wildman–Crippen MR) is 65.0 cm³/mol. The molecule has 0 fully saturated rings. The number of rotatable bonds is 4. The van der Waals surface area contributed by atoms with Crippen LogP contribution in [-0.2, 0) is 6.54 Å². The largest absolute Gasteiger partial charge is 0.359 e. The van der Waals surface area contributed by atoms with Gasteiger partial charge >= 0.3 is 5.69 Å². The summed E-state index contributed by atoms with van der Waals surface area (Å²) < 4.78 is 0. The minimum absolute atomic E-state index is 0.0525. The minimum atomic E-state index is -0.472. The first kappa shape index (κ1) is 11.9. The van der Waals surface area contributed by atoms with Gasteiger partial charge in [0.05, 0.1) is 17.2 Å². The average molecular weight is 245 g/mol. The number of pyridine rings is 1. The van der Waals surface area contributed by atoms with E-state index in [4.69, 9.17) is 0 Å². The van der Waals surface area contributed by atoms with Crippen LogP contribution < -0.4 is 5.32 Å². The highest BCUT2D eigenvalue weighted by Crippen LogP contribution is 2.20. The molecule has 0 saturated heterocycles. The fraction of sp³-hybridized carbons (Fsp3) is 0.182. The van der Waals surface area contributed by atoms with E-state index in [9.17, 15) is 10.1 Å². The number of hydrogen-bond acceptors (Lipinski definition) is 6. The van der Waals surface area contributed by atoms with Crippen LogP contribution in [0.4, 0.5) is 11.5 Å². The van der Waals surface area contributed by atoms with Crippen LogP contribution in [0.3, 0.4) is 0 Å². The third-order valence-corrected chi connectivity index (χ3v) is 2.25. The van der Waals surface area contributed by atoms with Crippen molar-refractivity contribution < 1.29 is 4.92 Å². The molecule has 18 heavy (non-hydrogen) atoms. The summed E-state index contributed by atoms with van der Waals surface area (Å²) in [6.07, 6.45) is 3.15. The standard InChI is InChI=1S/C11H11N5O2/c1-8-12-6-4-9(15-8)7-14-11-10(16(17)18)3-2-5-13-11/h2-6H,7H2,1H3,(H,13,14). The molecule has 2 aromatic rings. The molecule has 0 bridgehead atoms. The molecule has 7 nitrogen and oxygen atoms in total. The summed E-state index contributed by atoms with van der Waals surface area (Å²) in [5.74, 6) is 0.892. The number of aryl methyl sites for hydroxylation is 1. The van der Waals surface area contributed by atoms with E-state index in [1.54, 1.807) is 19.2 Å². The second-order valence-corrected chi connectivity index (χ2v) is 3.58. The second kappa shape index (κ2) is 5.17. The third-order valence-electron chi connectivity index (χ3n) is 2.25. The van der Waals surface area contributed by atoms with Gasteiger partial charge in [-0.3, -0.25) is 10.1 Å². The highest BCUT2D eigenvalue weighted by atomic mass is 16.6. The zero-order valence-electron chi connectivity index (χ0n) is 9.70. The Balaban J connectivity index is 2.13. The van der Waals surface area contributed by atoms with Crippen LogP contribution in [0.2, 0.25) is 0 Å². The summed E-state index contributed by atoms with van der Waals surface area (Å²) in [5, 5.41) is 13.7. The van der Waals surface area contributed by atoms with Crippen molar-refractivity contribution in [2.45, 2.75) is 13.5 Å². The number of hydrogen-bond donors (Lipinski definition) is 1. The zero-order valence-corrected chi connectivity index (χ0v) is 9.70. The van der Waals surface area contributed by atoms with Crippen molar-refractivity contribution in [2.24, 2.45) is 0 Å². The Morgan fingerprint density at radius 3 is 2.89 bits per heavy atom. The van der Waals surface area contributed by atoms with Crippen LogP contribution >= 0.6 is 0 Å². The molecule has 0 aliphatic heterocycles. The molecule has 92 valence electrons. The van der Waals surface area contributed by atoms with E-state index < -0.39 is 4.92 Å². The van der Waals surface area contributed by atoms with Crippen LogP contribution in [-0.4, -0.2) is 19.9 Å². The average Bonchev–Trinajstić information content (AvgIpc) is 2.37. The molecule has 0 saturated carbocycles. The predicted octanol–water partition coefficient (Wildman–Crippen LogP) is 1.70. The molecule has 0 aliphatic carbocycles. The van der Waals surface area contributed by atoms with Gasteiger partial charge in [0.1, 0.15) is 5.82 Å². The monoisotopic (exact) mass is 245 g/mol. The lowest BCUT2D eigenvalue weighted by Crippen LogP contribution is -2.06. The van der Waals surface area contributed by atoms with Gasteiger partial charge in [0.2, 0.25) is 5.82 Å². The molecule has 0 radical (unpaired) electrons. The van der Waals surface area contributed by atoms with Crippen LogP contribution in [0.5, 0.6) is 0 Å². The Labute approximate surface area is 103 Å². The van der Waals surface area contributed by atoms with E-state index >= 15 is 0 Å².